The minimum Gasteiger partial charge on any atom is -0.508 e. The molecular weight excluding hydrogens is 376 g/mol. The van der Waals surface area contributed by atoms with E-state index in [0.717, 1.165) is 0 Å². The van der Waals surface area contributed by atoms with E-state index in [0.29, 0.717) is 16.9 Å². The first-order valence-electron chi connectivity index (χ1n) is 7.67. The number of hydrogen-bond acceptors (Lipinski definition) is 6. The number of benzene rings is 2. The molecule has 0 fully saturated rings. The standard InChI is InChI=1S/C18H18O6S2/c19-14-5-1-3-12(9-14)18(11-17(23)24,26-25-8-7-16(21)22)13-4-2-6-15(20)10-13/h1-6,9-10,19-20H,7-8,11H2,(H,21,22)(H,23,24). The van der Waals surface area contributed by atoms with Crippen molar-refractivity contribution in [1.82, 2.24) is 0 Å². The second kappa shape index (κ2) is 8.86. The Morgan fingerprint density at radius 1 is 0.885 bits per heavy atom. The number of aliphatic carboxylic acids is 2. The van der Waals surface area contributed by atoms with Gasteiger partial charge in [0.25, 0.3) is 0 Å². The Balaban J connectivity index is 2.51. The summed E-state index contributed by atoms with van der Waals surface area (Å²) in [7, 11) is 2.45. The molecule has 0 spiro atoms. The monoisotopic (exact) mass is 394 g/mol. The maximum atomic E-state index is 11.6. The molecule has 26 heavy (non-hydrogen) atoms. The van der Waals surface area contributed by atoms with Gasteiger partial charge in [0.1, 0.15) is 11.5 Å². The van der Waals surface area contributed by atoms with E-state index >= 15 is 0 Å². The Labute approximate surface area is 158 Å². The van der Waals surface area contributed by atoms with Crippen molar-refractivity contribution >= 4 is 33.5 Å². The molecule has 2 aromatic carbocycles. The van der Waals surface area contributed by atoms with Crippen LogP contribution in [-0.2, 0) is 14.3 Å². The van der Waals surface area contributed by atoms with Gasteiger partial charge < -0.3 is 20.4 Å². The van der Waals surface area contributed by atoms with Gasteiger partial charge in [-0.25, -0.2) is 0 Å². The molecule has 0 unspecified atom stereocenters. The highest BCUT2D eigenvalue weighted by atomic mass is 33.1. The predicted octanol–water partition coefficient (Wildman–Crippen LogP) is 3.67. The topological polar surface area (TPSA) is 115 Å². The summed E-state index contributed by atoms with van der Waals surface area (Å²) >= 11 is 0. The van der Waals surface area contributed by atoms with E-state index in [1.165, 1.54) is 45.9 Å². The molecule has 0 aromatic heterocycles. The minimum atomic E-state index is -1.10. The van der Waals surface area contributed by atoms with E-state index in [4.69, 9.17) is 5.11 Å². The first-order chi connectivity index (χ1) is 12.3. The van der Waals surface area contributed by atoms with Crippen molar-refractivity contribution in [3.8, 4) is 11.5 Å². The van der Waals surface area contributed by atoms with Gasteiger partial charge in [0.2, 0.25) is 0 Å². The molecule has 0 saturated carbocycles. The van der Waals surface area contributed by atoms with Crippen molar-refractivity contribution in [2.24, 2.45) is 0 Å². The van der Waals surface area contributed by atoms with Crippen LogP contribution in [0.4, 0.5) is 0 Å². The van der Waals surface area contributed by atoms with Crippen LogP contribution in [0, 0.1) is 0 Å². The molecular formula is C18H18O6S2. The van der Waals surface area contributed by atoms with Gasteiger partial charge in [0, 0.05) is 5.75 Å². The van der Waals surface area contributed by atoms with Crippen molar-refractivity contribution < 1.29 is 30.0 Å². The van der Waals surface area contributed by atoms with Crippen LogP contribution in [0.5, 0.6) is 11.5 Å². The number of phenols is 2. The van der Waals surface area contributed by atoms with Gasteiger partial charge in [-0.3, -0.25) is 9.59 Å². The van der Waals surface area contributed by atoms with E-state index < -0.39 is 16.7 Å². The zero-order valence-electron chi connectivity index (χ0n) is 13.7. The van der Waals surface area contributed by atoms with Gasteiger partial charge in [-0.1, -0.05) is 45.9 Å². The second-order valence-electron chi connectivity index (χ2n) is 5.55. The fraction of sp³-hybridized carbons (Fsp3) is 0.222. The summed E-state index contributed by atoms with van der Waals surface area (Å²) < 4.78 is -1.10. The SMILES string of the molecule is O=C(O)CCSSC(CC(=O)O)(c1cccc(O)c1)c1cccc(O)c1. The third kappa shape index (κ3) is 5.09. The smallest absolute Gasteiger partial charge is 0.305 e. The molecule has 0 heterocycles. The number of carbonyl (C=O) groups is 2. The van der Waals surface area contributed by atoms with Crippen molar-refractivity contribution in [2.75, 3.05) is 5.75 Å². The molecule has 6 nitrogen and oxygen atoms in total. The first kappa shape index (κ1) is 20.0. The molecule has 0 aliphatic rings. The van der Waals surface area contributed by atoms with Gasteiger partial charge in [-0.15, -0.1) is 0 Å². The molecule has 2 rings (SSSR count). The Morgan fingerprint density at radius 3 is 1.85 bits per heavy atom. The third-order valence-corrected chi connectivity index (χ3v) is 6.72. The van der Waals surface area contributed by atoms with E-state index in [2.05, 4.69) is 0 Å². The van der Waals surface area contributed by atoms with Crippen molar-refractivity contribution in [3.05, 3.63) is 59.7 Å². The summed E-state index contributed by atoms with van der Waals surface area (Å²) in [6.45, 7) is 0. The lowest BCUT2D eigenvalue weighted by atomic mass is 9.87. The van der Waals surface area contributed by atoms with E-state index in [-0.39, 0.29) is 24.3 Å². The molecule has 0 aliphatic carbocycles. The van der Waals surface area contributed by atoms with Crippen LogP contribution in [0.2, 0.25) is 0 Å². The molecule has 0 saturated heterocycles. The molecule has 0 atom stereocenters. The van der Waals surface area contributed by atoms with Crippen molar-refractivity contribution in [1.29, 1.82) is 0 Å². The summed E-state index contributed by atoms with van der Waals surface area (Å²) in [5, 5.41) is 38.1. The highest BCUT2D eigenvalue weighted by Gasteiger charge is 2.38. The van der Waals surface area contributed by atoms with Gasteiger partial charge in [0.05, 0.1) is 17.6 Å². The van der Waals surface area contributed by atoms with Crippen molar-refractivity contribution in [3.63, 3.8) is 0 Å². The van der Waals surface area contributed by atoms with Gasteiger partial charge >= 0.3 is 11.9 Å². The summed E-state index contributed by atoms with van der Waals surface area (Å²) in [4.78, 5) is 22.4. The number of rotatable bonds is 9. The molecule has 0 bridgehead atoms. The van der Waals surface area contributed by atoms with Crippen LogP contribution >= 0.6 is 21.6 Å². The summed E-state index contributed by atoms with van der Waals surface area (Å²) in [6, 6.07) is 12.6. The lowest BCUT2D eigenvalue weighted by Gasteiger charge is -2.32. The number of carboxylic acid groups (broad SMARTS) is 2. The highest BCUT2D eigenvalue weighted by Crippen LogP contribution is 2.52. The van der Waals surface area contributed by atoms with E-state index in [1.807, 2.05) is 0 Å². The third-order valence-electron chi connectivity index (χ3n) is 3.63. The number of carboxylic acids is 2. The molecule has 2 aromatic rings. The van der Waals surface area contributed by atoms with Crippen LogP contribution < -0.4 is 0 Å². The van der Waals surface area contributed by atoms with Gasteiger partial charge in [0.15, 0.2) is 0 Å². The van der Waals surface area contributed by atoms with E-state index in [1.54, 1.807) is 24.3 Å². The first-order valence-corrected chi connectivity index (χ1v) is 9.98. The summed E-state index contributed by atoms with van der Waals surface area (Å²) in [5.74, 6) is -1.71. The van der Waals surface area contributed by atoms with Gasteiger partial charge in [-0.2, -0.15) is 0 Å². The average Bonchev–Trinajstić information content (AvgIpc) is 2.57. The van der Waals surface area contributed by atoms with Gasteiger partial charge in [-0.05, 0) is 35.4 Å². The predicted molar refractivity (Wildman–Crippen MR) is 102 cm³/mol. The Hall–Kier alpha value is -2.32. The van der Waals surface area contributed by atoms with Crippen LogP contribution in [0.1, 0.15) is 24.0 Å². The fourth-order valence-corrected chi connectivity index (χ4v) is 5.52. The maximum Gasteiger partial charge on any atom is 0.305 e. The minimum absolute atomic E-state index is 0.00597. The molecule has 8 heteroatoms. The number of aromatic hydroxyl groups is 2. The van der Waals surface area contributed by atoms with Crippen molar-refractivity contribution in [2.45, 2.75) is 17.6 Å². The maximum absolute atomic E-state index is 11.6. The zero-order chi connectivity index (χ0) is 19.2. The van der Waals surface area contributed by atoms with Crippen LogP contribution in [0.15, 0.2) is 48.5 Å². The Kier molecular flexibility index (Phi) is 6.82. The highest BCUT2D eigenvalue weighted by molar-refractivity contribution is 8.77. The fourth-order valence-electron chi connectivity index (χ4n) is 2.49. The zero-order valence-corrected chi connectivity index (χ0v) is 15.3. The summed E-state index contributed by atoms with van der Waals surface area (Å²) in [5.41, 5.74) is 1.11. The summed E-state index contributed by atoms with van der Waals surface area (Å²) in [6.07, 6.45) is -0.356. The van der Waals surface area contributed by atoms with Crippen LogP contribution in [0.25, 0.3) is 0 Å². The largest absolute Gasteiger partial charge is 0.508 e. The Bertz CT molecular complexity index is 747. The normalized spacial score (nSPS) is 11.2. The number of hydrogen-bond donors (Lipinski definition) is 4. The average molecular weight is 394 g/mol. The molecule has 0 aliphatic heterocycles. The number of phenolic OH excluding ortho intramolecular Hbond substituents is 2. The molecule has 4 N–H and O–H groups in total. The molecule has 138 valence electrons. The lowest BCUT2D eigenvalue weighted by molar-refractivity contribution is -0.138. The van der Waals surface area contributed by atoms with E-state index in [9.17, 15) is 24.9 Å². The molecule has 0 amide bonds. The quantitative estimate of drug-likeness (QED) is 0.376. The molecule has 0 radical (unpaired) electrons. The Morgan fingerprint density at radius 2 is 1.42 bits per heavy atom. The second-order valence-corrected chi connectivity index (χ2v) is 8.26. The van der Waals surface area contributed by atoms with Crippen LogP contribution in [-0.4, -0.2) is 38.1 Å². The lowest BCUT2D eigenvalue weighted by Crippen LogP contribution is -2.26. The van der Waals surface area contributed by atoms with Crippen LogP contribution in [0.3, 0.4) is 0 Å².